The van der Waals surface area contributed by atoms with E-state index in [9.17, 15) is 0 Å². The summed E-state index contributed by atoms with van der Waals surface area (Å²) in [7, 11) is 2.20. The summed E-state index contributed by atoms with van der Waals surface area (Å²) in [5.41, 5.74) is 4.44. The Morgan fingerprint density at radius 2 is 1.81 bits per heavy atom. The highest BCUT2D eigenvalue weighted by Crippen LogP contribution is 2.33. The van der Waals surface area contributed by atoms with Gasteiger partial charge in [-0.05, 0) is 54.5 Å². The summed E-state index contributed by atoms with van der Waals surface area (Å²) in [6, 6.07) is 13.0. The van der Waals surface area contributed by atoms with E-state index in [0.717, 1.165) is 13.1 Å². The third-order valence-electron chi connectivity index (χ3n) is 4.07. The zero-order chi connectivity index (χ0) is 18.9. The van der Waals surface area contributed by atoms with Gasteiger partial charge in [-0.15, -0.1) is 11.3 Å². The molecule has 1 heterocycles. The van der Waals surface area contributed by atoms with Crippen molar-refractivity contribution in [3.8, 4) is 0 Å². The van der Waals surface area contributed by atoms with E-state index in [-0.39, 0.29) is 0 Å². The van der Waals surface area contributed by atoms with Gasteiger partial charge in [-0.2, -0.15) is 0 Å². The largest absolute Gasteiger partial charge is 0.473 e. The van der Waals surface area contributed by atoms with Crippen LogP contribution in [-0.4, -0.2) is 40.6 Å². The molecule has 26 heavy (non-hydrogen) atoms. The molecule has 0 saturated heterocycles. The lowest BCUT2D eigenvalue weighted by Crippen LogP contribution is -2.18. The molecule has 2 aromatic rings. The van der Waals surface area contributed by atoms with Crippen LogP contribution in [0.5, 0.6) is 0 Å². The fraction of sp³-hybridized carbons (Fsp3) is 0.300. The van der Waals surface area contributed by atoms with Crippen molar-refractivity contribution in [1.82, 2.24) is 4.90 Å². The van der Waals surface area contributed by atoms with Crippen LogP contribution in [0.2, 0.25) is 0 Å². The molecule has 138 valence electrons. The predicted molar refractivity (Wildman–Crippen MR) is 103 cm³/mol. The minimum atomic E-state index is -1.82. The number of aryl methyl sites for hydroxylation is 1. The average Bonchev–Trinajstić information content (AvgIpc) is 3.10. The number of fused-ring (bicyclic) bond motifs is 1. The molecule has 1 aromatic carbocycles. The van der Waals surface area contributed by atoms with E-state index >= 15 is 0 Å². The molecule has 1 aliphatic carbocycles. The summed E-state index contributed by atoms with van der Waals surface area (Å²) in [5.74, 6) is -3.65. The highest BCUT2D eigenvalue weighted by molar-refractivity contribution is 7.10. The number of likely N-dealkylation sites (N-methyl/N-ethyl adjacent to an activating group) is 1. The smallest absolute Gasteiger partial charge is 0.414 e. The molecular formula is C20H23NO4S. The Balaban J connectivity index is 0.000000352. The van der Waals surface area contributed by atoms with Gasteiger partial charge in [-0.1, -0.05) is 36.4 Å². The lowest BCUT2D eigenvalue weighted by Gasteiger charge is -2.18. The normalized spacial score (nSPS) is 14.5. The number of benzene rings is 1. The topological polar surface area (TPSA) is 77.8 Å². The number of hydrogen-bond donors (Lipinski definition) is 2. The van der Waals surface area contributed by atoms with Gasteiger partial charge in [0.15, 0.2) is 0 Å². The standard InChI is InChI=1S/C18H21NS.C2H2O4/c1-19(14-15-6-3-2-4-7-15)12-10-16-8-5-9-18-17(16)11-13-20-18;3-1(4)2(5)6/h2-4,6-7,10-11,13H,5,8-9,12,14H2,1H3;(H,3,4)(H,5,6). The fourth-order valence-electron chi connectivity index (χ4n) is 2.83. The summed E-state index contributed by atoms with van der Waals surface area (Å²) in [6.07, 6.45) is 6.24. The zero-order valence-electron chi connectivity index (χ0n) is 14.7. The van der Waals surface area contributed by atoms with Crippen LogP contribution in [0, 0.1) is 0 Å². The summed E-state index contributed by atoms with van der Waals surface area (Å²) in [5, 5.41) is 17.0. The number of hydrogen-bond acceptors (Lipinski definition) is 4. The number of thiophene rings is 1. The number of carboxylic acid groups (broad SMARTS) is 2. The first kappa shape index (κ1) is 19.9. The van der Waals surface area contributed by atoms with Gasteiger partial charge < -0.3 is 10.2 Å². The van der Waals surface area contributed by atoms with Gasteiger partial charge in [-0.25, -0.2) is 9.59 Å². The highest BCUT2D eigenvalue weighted by atomic mass is 32.1. The van der Waals surface area contributed by atoms with E-state index in [1.54, 1.807) is 10.5 Å². The molecule has 0 spiro atoms. The van der Waals surface area contributed by atoms with Crippen LogP contribution in [0.25, 0.3) is 5.57 Å². The van der Waals surface area contributed by atoms with Crippen molar-refractivity contribution < 1.29 is 19.8 Å². The lowest BCUT2D eigenvalue weighted by atomic mass is 9.93. The quantitative estimate of drug-likeness (QED) is 0.798. The summed E-state index contributed by atoms with van der Waals surface area (Å²) < 4.78 is 0. The number of allylic oxidation sites excluding steroid dienone is 1. The Hall–Kier alpha value is -2.44. The van der Waals surface area contributed by atoms with Crippen LogP contribution in [0.4, 0.5) is 0 Å². The number of aliphatic carboxylic acids is 2. The molecule has 0 radical (unpaired) electrons. The maximum absolute atomic E-state index is 9.10. The Bertz CT molecular complexity index is 755. The van der Waals surface area contributed by atoms with Crippen molar-refractivity contribution in [3.63, 3.8) is 0 Å². The third-order valence-corrected chi connectivity index (χ3v) is 5.05. The van der Waals surface area contributed by atoms with Gasteiger partial charge in [0.25, 0.3) is 0 Å². The second kappa shape index (κ2) is 9.89. The number of carbonyl (C=O) groups is 2. The van der Waals surface area contributed by atoms with Crippen molar-refractivity contribution in [2.24, 2.45) is 0 Å². The van der Waals surface area contributed by atoms with Crippen LogP contribution >= 0.6 is 11.3 Å². The predicted octanol–water partition coefficient (Wildman–Crippen LogP) is 3.76. The van der Waals surface area contributed by atoms with Crippen molar-refractivity contribution in [2.75, 3.05) is 13.6 Å². The highest BCUT2D eigenvalue weighted by Gasteiger charge is 2.14. The fourth-order valence-corrected chi connectivity index (χ4v) is 3.79. The molecule has 0 fully saturated rings. The van der Waals surface area contributed by atoms with Crippen LogP contribution in [-0.2, 0) is 22.6 Å². The Morgan fingerprint density at radius 1 is 1.12 bits per heavy atom. The molecule has 0 aliphatic heterocycles. The number of carboxylic acids is 2. The first-order valence-electron chi connectivity index (χ1n) is 8.42. The maximum Gasteiger partial charge on any atom is 0.414 e. The molecule has 2 N–H and O–H groups in total. The Morgan fingerprint density at radius 3 is 2.46 bits per heavy atom. The molecular weight excluding hydrogens is 350 g/mol. The van der Waals surface area contributed by atoms with Gasteiger partial charge in [0.2, 0.25) is 0 Å². The lowest BCUT2D eigenvalue weighted by molar-refractivity contribution is -0.159. The Kier molecular flexibility index (Phi) is 7.56. The van der Waals surface area contributed by atoms with Crippen LogP contribution < -0.4 is 0 Å². The summed E-state index contributed by atoms with van der Waals surface area (Å²) in [4.78, 5) is 22.2. The van der Waals surface area contributed by atoms with Crippen LogP contribution in [0.15, 0.2) is 47.9 Å². The SMILES string of the molecule is CN(CC=C1CCCc2sccc21)Cc1ccccc1.O=C(O)C(=O)O. The van der Waals surface area contributed by atoms with Gasteiger partial charge in [-0.3, -0.25) is 4.90 Å². The average molecular weight is 373 g/mol. The second-order valence-electron chi connectivity index (χ2n) is 6.13. The van der Waals surface area contributed by atoms with Crippen molar-refractivity contribution in [1.29, 1.82) is 0 Å². The molecule has 3 rings (SSSR count). The van der Waals surface area contributed by atoms with Gasteiger partial charge in [0.1, 0.15) is 0 Å². The van der Waals surface area contributed by atoms with Crippen LogP contribution in [0.1, 0.15) is 28.8 Å². The molecule has 1 aromatic heterocycles. The van der Waals surface area contributed by atoms with E-state index < -0.39 is 11.9 Å². The van der Waals surface area contributed by atoms with Crippen molar-refractivity contribution in [3.05, 3.63) is 63.9 Å². The molecule has 0 bridgehead atoms. The molecule has 0 saturated carbocycles. The molecule has 1 aliphatic rings. The van der Waals surface area contributed by atoms with E-state index in [2.05, 4.69) is 59.8 Å². The van der Waals surface area contributed by atoms with Crippen LogP contribution in [0.3, 0.4) is 0 Å². The van der Waals surface area contributed by atoms with E-state index in [1.165, 1.54) is 30.4 Å². The number of nitrogens with zero attached hydrogens (tertiary/aromatic N) is 1. The third kappa shape index (κ3) is 6.13. The first-order valence-corrected chi connectivity index (χ1v) is 9.29. The summed E-state index contributed by atoms with van der Waals surface area (Å²) >= 11 is 1.91. The Labute approximate surface area is 157 Å². The molecule has 0 atom stereocenters. The van der Waals surface area contributed by atoms with Gasteiger partial charge >= 0.3 is 11.9 Å². The van der Waals surface area contributed by atoms with E-state index in [1.807, 2.05) is 11.3 Å². The molecule has 5 nitrogen and oxygen atoms in total. The first-order chi connectivity index (χ1) is 12.5. The van der Waals surface area contributed by atoms with E-state index in [4.69, 9.17) is 19.8 Å². The van der Waals surface area contributed by atoms with Gasteiger partial charge in [0, 0.05) is 18.0 Å². The van der Waals surface area contributed by atoms with Crippen molar-refractivity contribution in [2.45, 2.75) is 25.8 Å². The number of rotatable bonds is 4. The van der Waals surface area contributed by atoms with Crippen molar-refractivity contribution >= 4 is 28.8 Å². The molecule has 0 unspecified atom stereocenters. The minimum Gasteiger partial charge on any atom is -0.473 e. The summed E-state index contributed by atoms with van der Waals surface area (Å²) in [6.45, 7) is 2.04. The molecule has 0 amide bonds. The maximum atomic E-state index is 9.10. The second-order valence-corrected chi connectivity index (χ2v) is 7.13. The minimum absolute atomic E-state index is 1.01. The molecule has 6 heteroatoms. The zero-order valence-corrected chi connectivity index (χ0v) is 15.5. The monoisotopic (exact) mass is 373 g/mol. The van der Waals surface area contributed by atoms with E-state index in [0.29, 0.717) is 0 Å². The van der Waals surface area contributed by atoms with Gasteiger partial charge in [0.05, 0.1) is 0 Å².